The molecule has 0 saturated carbocycles. The van der Waals surface area contributed by atoms with Crippen LogP contribution < -0.4 is 5.32 Å². The molecule has 0 radical (unpaired) electrons. The topological polar surface area (TPSA) is 49.4 Å². The fraction of sp³-hybridized carbons (Fsp3) is 0.400. The number of hydrogen-bond donors (Lipinski definition) is 1. The summed E-state index contributed by atoms with van der Waals surface area (Å²) in [6.45, 7) is 7.75. The molecule has 2 aromatic carbocycles. The van der Waals surface area contributed by atoms with Crippen molar-refractivity contribution in [2.75, 3.05) is 17.6 Å². The minimum absolute atomic E-state index is 0.160. The molecule has 0 saturated heterocycles. The van der Waals surface area contributed by atoms with E-state index >= 15 is 0 Å². The van der Waals surface area contributed by atoms with E-state index in [1.54, 1.807) is 11.2 Å². The van der Waals surface area contributed by atoms with E-state index in [-0.39, 0.29) is 5.75 Å². The summed E-state index contributed by atoms with van der Waals surface area (Å²) in [5.41, 5.74) is 7.31. The highest BCUT2D eigenvalue weighted by molar-refractivity contribution is 7.89. The lowest BCUT2D eigenvalue weighted by molar-refractivity contribution is 0.392. The average molecular weight is 359 g/mol. The Morgan fingerprint density at radius 2 is 1.96 bits per heavy atom. The zero-order valence-corrected chi connectivity index (χ0v) is 16.0. The van der Waals surface area contributed by atoms with Crippen molar-refractivity contribution in [1.82, 2.24) is 4.31 Å². The van der Waals surface area contributed by atoms with Crippen molar-refractivity contribution in [2.45, 2.75) is 40.3 Å². The molecule has 0 amide bonds. The molecule has 0 aromatic heterocycles. The first-order valence-corrected chi connectivity index (χ1v) is 10.4. The zero-order valence-electron chi connectivity index (χ0n) is 15.2. The van der Waals surface area contributed by atoms with Gasteiger partial charge < -0.3 is 5.32 Å². The van der Waals surface area contributed by atoms with Gasteiger partial charge in [-0.25, -0.2) is 8.42 Å². The highest BCUT2D eigenvalue weighted by Crippen LogP contribution is 2.28. The molecular formula is C20H26N2O2S. The second-order valence-electron chi connectivity index (χ2n) is 6.71. The Morgan fingerprint density at radius 3 is 2.72 bits per heavy atom. The lowest BCUT2D eigenvalue weighted by Crippen LogP contribution is -2.37. The molecule has 5 heteroatoms. The molecule has 25 heavy (non-hydrogen) atoms. The Hall–Kier alpha value is -1.85. The van der Waals surface area contributed by atoms with E-state index in [1.165, 1.54) is 22.3 Å². The van der Waals surface area contributed by atoms with E-state index in [1.807, 2.05) is 12.1 Å². The lowest BCUT2D eigenvalue weighted by Gasteiger charge is -2.29. The standard InChI is InChI=1S/C20H26N2O2S/c1-4-25(23,24)22-11-10-19-17(14-22)6-5-7-20(19)21-13-18-12-15(2)8-9-16(18)3/h5-9,12,21H,4,10-11,13-14H2,1-3H3. The molecule has 4 nitrogen and oxygen atoms in total. The predicted octanol–water partition coefficient (Wildman–Crippen LogP) is 3.62. The van der Waals surface area contributed by atoms with Crippen LogP contribution in [0.5, 0.6) is 0 Å². The maximum absolute atomic E-state index is 12.1. The summed E-state index contributed by atoms with van der Waals surface area (Å²) in [4.78, 5) is 0. The monoisotopic (exact) mass is 358 g/mol. The Balaban J connectivity index is 1.79. The van der Waals surface area contributed by atoms with Gasteiger partial charge in [-0.3, -0.25) is 0 Å². The van der Waals surface area contributed by atoms with Crippen LogP contribution >= 0.6 is 0 Å². The second kappa shape index (κ2) is 7.18. The van der Waals surface area contributed by atoms with Gasteiger partial charge in [0.05, 0.1) is 5.75 Å². The summed E-state index contributed by atoms with van der Waals surface area (Å²) in [6, 6.07) is 12.6. The van der Waals surface area contributed by atoms with Crippen LogP contribution in [0, 0.1) is 13.8 Å². The molecule has 1 heterocycles. The van der Waals surface area contributed by atoms with Crippen molar-refractivity contribution < 1.29 is 8.42 Å². The smallest absolute Gasteiger partial charge is 0.214 e. The molecule has 0 unspecified atom stereocenters. The Morgan fingerprint density at radius 1 is 1.16 bits per heavy atom. The van der Waals surface area contributed by atoms with Crippen molar-refractivity contribution in [2.24, 2.45) is 0 Å². The molecule has 1 aliphatic heterocycles. The fourth-order valence-corrected chi connectivity index (χ4v) is 4.42. The van der Waals surface area contributed by atoms with Crippen LogP contribution in [0.1, 0.15) is 34.7 Å². The first kappa shape index (κ1) is 18.0. The third-order valence-electron chi connectivity index (χ3n) is 4.96. The van der Waals surface area contributed by atoms with Crippen molar-refractivity contribution >= 4 is 15.7 Å². The van der Waals surface area contributed by atoms with Gasteiger partial charge in [0.1, 0.15) is 0 Å². The molecule has 1 aliphatic rings. The van der Waals surface area contributed by atoms with E-state index in [0.29, 0.717) is 13.1 Å². The predicted molar refractivity (Wildman–Crippen MR) is 103 cm³/mol. The summed E-state index contributed by atoms with van der Waals surface area (Å²) in [7, 11) is -3.13. The van der Waals surface area contributed by atoms with E-state index in [0.717, 1.165) is 24.2 Å². The van der Waals surface area contributed by atoms with Crippen molar-refractivity contribution in [3.63, 3.8) is 0 Å². The van der Waals surface area contributed by atoms with Gasteiger partial charge in [0.2, 0.25) is 10.0 Å². The summed E-state index contributed by atoms with van der Waals surface area (Å²) in [5, 5.41) is 3.56. The minimum Gasteiger partial charge on any atom is -0.381 e. The number of aryl methyl sites for hydroxylation is 2. The third-order valence-corrected chi connectivity index (χ3v) is 6.79. The molecule has 0 aliphatic carbocycles. The van der Waals surface area contributed by atoms with Gasteiger partial charge in [-0.05, 0) is 55.5 Å². The van der Waals surface area contributed by atoms with Gasteiger partial charge >= 0.3 is 0 Å². The highest BCUT2D eigenvalue weighted by atomic mass is 32.2. The summed E-state index contributed by atoms with van der Waals surface area (Å²) in [6.07, 6.45) is 0.755. The van der Waals surface area contributed by atoms with Crippen LogP contribution in [0.2, 0.25) is 0 Å². The van der Waals surface area contributed by atoms with Crippen LogP contribution in [0.25, 0.3) is 0 Å². The van der Waals surface area contributed by atoms with Crippen LogP contribution in [-0.2, 0) is 29.5 Å². The molecule has 134 valence electrons. The maximum Gasteiger partial charge on any atom is 0.214 e. The number of fused-ring (bicyclic) bond motifs is 1. The quantitative estimate of drug-likeness (QED) is 0.888. The number of benzene rings is 2. The number of anilines is 1. The SMILES string of the molecule is CCS(=O)(=O)N1CCc2c(cccc2NCc2cc(C)ccc2C)C1. The zero-order chi connectivity index (χ0) is 18.0. The lowest BCUT2D eigenvalue weighted by atomic mass is 9.98. The second-order valence-corrected chi connectivity index (χ2v) is 8.97. The summed E-state index contributed by atoms with van der Waals surface area (Å²) in [5.74, 6) is 0.160. The molecule has 3 rings (SSSR count). The first-order chi connectivity index (χ1) is 11.9. The molecule has 0 fully saturated rings. The summed E-state index contributed by atoms with van der Waals surface area (Å²) < 4.78 is 25.9. The maximum atomic E-state index is 12.1. The molecule has 0 atom stereocenters. The first-order valence-electron chi connectivity index (χ1n) is 8.79. The van der Waals surface area contributed by atoms with Crippen LogP contribution in [0.15, 0.2) is 36.4 Å². The van der Waals surface area contributed by atoms with Crippen LogP contribution in [-0.4, -0.2) is 25.0 Å². The number of rotatable bonds is 5. The van der Waals surface area contributed by atoms with E-state index < -0.39 is 10.0 Å². The summed E-state index contributed by atoms with van der Waals surface area (Å²) >= 11 is 0. The Kier molecular flexibility index (Phi) is 5.16. The van der Waals surface area contributed by atoms with E-state index in [2.05, 4.69) is 43.4 Å². The van der Waals surface area contributed by atoms with Crippen LogP contribution in [0.3, 0.4) is 0 Å². The van der Waals surface area contributed by atoms with Crippen molar-refractivity contribution in [1.29, 1.82) is 0 Å². The van der Waals surface area contributed by atoms with Gasteiger partial charge in [-0.15, -0.1) is 0 Å². The van der Waals surface area contributed by atoms with Crippen molar-refractivity contribution in [3.8, 4) is 0 Å². The van der Waals surface area contributed by atoms with Gasteiger partial charge in [0.25, 0.3) is 0 Å². The van der Waals surface area contributed by atoms with Gasteiger partial charge in [0, 0.05) is 25.3 Å². The molecular weight excluding hydrogens is 332 g/mol. The number of sulfonamides is 1. The third kappa shape index (κ3) is 3.88. The Bertz CT molecular complexity index is 875. The molecule has 0 spiro atoms. The fourth-order valence-electron chi connectivity index (χ4n) is 3.35. The molecule has 1 N–H and O–H groups in total. The number of nitrogens with one attached hydrogen (secondary N) is 1. The Labute approximate surface area is 150 Å². The van der Waals surface area contributed by atoms with Gasteiger partial charge in [-0.1, -0.05) is 35.9 Å². The largest absolute Gasteiger partial charge is 0.381 e. The van der Waals surface area contributed by atoms with Crippen LogP contribution in [0.4, 0.5) is 5.69 Å². The number of nitrogens with zero attached hydrogens (tertiary/aromatic N) is 1. The molecule has 2 aromatic rings. The normalized spacial score (nSPS) is 15.0. The van der Waals surface area contributed by atoms with Crippen molar-refractivity contribution in [3.05, 3.63) is 64.2 Å². The van der Waals surface area contributed by atoms with E-state index in [9.17, 15) is 8.42 Å². The highest BCUT2D eigenvalue weighted by Gasteiger charge is 2.26. The van der Waals surface area contributed by atoms with E-state index in [4.69, 9.17) is 0 Å². The number of hydrogen-bond acceptors (Lipinski definition) is 3. The van der Waals surface area contributed by atoms with Gasteiger partial charge in [0.15, 0.2) is 0 Å². The minimum atomic E-state index is -3.13. The molecule has 0 bridgehead atoms. The average Bonchev–Trinajstić information content (AvgIpc) is 2.62. The van der Waals surface area contributed by atoms with Gasteiger partial charge in [-0.2, -0.15) is 4.31 Å².